The number of hydrogen-bond donors (Lipinski definition) is 3. The SMILES string of the molecule is CC(C)(C)C(=O)NCCC(=O)NCc1cccc(C(=O)NCc2ccco2)c1. The monoisotopic (exact) mass is 385 g/mol. The molecule has 0 spiro atoms. The second-order valence-corrected chi connectivity index (χ2v) is 7.50. The van der Waals surface area contributed by atoms with Crippen LogP contribution >= 0.6 is 0 Å². The Bertz CT molecular complexity index is 807. The molecule has 3 N–H and O–H groups in total. The number of amides is 3. The first-order chi connectivity index (χ1) is 13.3. The molecule has 1 aromatic carbocycles. The van der Waals surface area contributed by atoms with Crippen molar-refractivity contribution < 1.29 is 18.8 Å². The van der Waals surface area contributed by atoms with Gasteiger partial charge in [-0.3, -0.25) is 14.4 Å². The summed E-state index contributed by atoms with van der Waals surface area (Å²) in [6.07, 6.45) is 1.75. The normalized spacial score (nSPS) is 11.0. The summed E-state index contributed by atoms with van der Waals surface area (Å²) < 4.78 is 5.19. The van der Waals surface area contributed by atoms with Gasteiger partial charge in [-0.25, -0.2) is 0 Å². The van der Waals surface area contributed by atoms with Gasteiger partial charge in [-0.05, 0) is 29.8 Å². The van der Waals surface area contributed by atoms with Gasteiger partial charge < -0.3 is 20.4 Å². The lowest BCUT2D eigenvalue weighted by Gasteiger charge is -2.17. The number of benzene rings is 1. The van der Waals surface area contributed by atoms with Crippen LogP contribution in [0.4, 0.5) is 0 Å². The second kappa shape index (κ2) is 9.73. The minimum atomic E-state index is -0.478. The Labute approximate surface area is 164 Å². The molecule has 2 aromatic rings. The molecule has 1 heterocycles. The molecule has 28 heavy (non-hydrogen) atoms. The molecule has 1 aromatic heterocycles. The maximum Gasteiger partial charge on any atom is 0.251 e. The summed E-state index contributed by atoms with van der Waals surface area (Å²) in [6, 6.07) is 10.6. The molecule has 0 atom stereocenters. The van der Waals surface area contributed by atoms with Crippen molar-refractivity contribution in [2.75, 3.05) is 6.54 Å². The second-order valence-electron chi connectivity index (χ2n) is 7.50. The zero-order valence-electron chi connectivity index (χ0n) is 16.5. The molecule has 0 aliphatic rings. The number of carbonyl (C=O) groups is 3. The molecule has 0 unspecified atom stereocenters. The molecule has 0 saturated heterocycles. The van der Waals surface area contributed by atoms with Crippen LogP contribution in [0.3, 0.4) is 0 Å². The van der Waals surface area contributed by atoms with Gasteiger partial charge in [-0.2, -0.15) is 0 Å². The highest BCUT2D eigenvalue weighted by Gasteiger charge is 2.20. The van der Waals surface area contributed by atoms with Crippen molar-refractivity contribution in [2.45, 2.75) is 40.3 Å². The van der Waals surface area contributed by atoms with Gasteiger partial charge in [0.2, 0.25) is 11.8 Å². The van der Waals surface area contributed by atoms with E-state index in [-0.39, 0.29) is 30.7 Å². The Morgan fingerprint density at radius 1 is 0.964 bits per heavy atom. The van der Waals surface area contributed by atoms with Crippen molar-refractivity contribution >= 4 is 17.7 Å². The lowest BCUT2D eigenvalue weighted by Crippen LogP contribution is -2.37. The lowest BCUT2D eigenvalue weighted by atomic mass is 9.96. The fourth-order valence-electron chi connectivity index (χ4n) is 2.35. The van der Waals surface area contributed by atoms with E-state index >= 15 is 0 Å². The molecule has 7 nitrogen and oxygen atoms in total. The molecule has 0 radical (unpaired) electrons. The summed E-state index contributed by atoms with van der Waals surface area (Å²) in [5.74, 6) is 0.209. The van der Waals surface area contributed by atoms with Crippen molar-refractivity contribution in [3.63, 3.8) is 0 Å². The molecular formula is C21H27N3O4. The van der Waals surface area contributed by atoms with E-state index in [9.17, 15) is 14.4 Å². The van der Waals surface area contributed by atoms with E-state index in [1.807, 2.05) is 26.8 Å². The van der Waals surface area contributed by atoms with E-state index in [4.69, 9.17) is 4.42 Å². The minimum absolute atomic E-state index is 0.0893. The number of carbonyl (C=O) groups excluding carboxylic acids is 3. The van der Waals surface area contributed by atoms with Gasteiger partial charge in [0.1, 0.15) is 5.76 Å². The Morgan fingerprint density at radius 2 is 1.75 bits per heavy atom. The Kier molecular flexibility index (Phi) is 7.37. The average Bonchev–Trinajstić information content (AvgIpc) is 3.17. The first-order valence-electron chi connectivity index (χ1n) is 9.20. The Hall–Kier alpha value is -3.09. The Balaban J connectivity index is 1.76. The third kappa shape index (κ3) is 6.90. The summed E-state index contributed by atoms with van der Waals surface area (Å²) in [7, 11) is 0. The van der Waals surface area contributed by atoms with Gasteiger partial charge in [-0.1, -0.05) is 32.9 Å². The molecule has 3 amide bonds. The van der Waals surface area contributed by atoms with Crippen molar-refractivity contribution in [1.82, 2.24) is 16.0 Å². The smallest absolute Gasteiger partial charge is 0.251 e. The number of rotatable bonds is 8. The lowest BCUT2D eigenvalue weighted by molar-refractivity contribution is -0.128. The average molecular weight is 385 g/mol. The molecule has 150 valence electrons. The van der Waals surface area contributed by atoms with Crippen LogP contribution in [0.15, 0.2) is 47.1 Å². The van der Waals surface area contributed by atoms with Crippen LogP contribution in [0.2, 0.25) is 0 Å². The number of nitrogens with one attached hydrogen (secondary N) is 3. The third-order valence-corrected chi connectivity index (χ3v) is 4.00. The van der Waals surface area contributed by atoms with E-state index in [0.717, 1.165) is 5.56 Å². The van der Waals surface area contributed by atoms with Crippen LogP contribution in [0.25, 0.3) is 0 Å². The zero-order valence-corrected chi connectivity index (χ0v) is 16.5. The fraction of sp³-hybridized carbons (Fsp3) is 0.381. The van der Waals surface area contributed by atoms with E-state index in [1.165, 1.54) is 0 Å². The predicted octanol–water partition coefficient (Wildman–Crippen LogP) is 2.38. The number of hydrogen-bond acceptors (Lipinski definition) is 4. The standard InChI is InChI=1S/C21H27N3O4/c1-21(2,3)20(27)22-10-9-18(25)23-13-15-6-4-7-16(12-15)19(26)24-14-17-8-5-11-28-17/h4-8,11-12H,9-10,13-14H2,1-3H3,(H,22,27)(H,23,25)(H,24,26). The topological polar surface area (TPSA) is 100 Å². The molecule has 7 heteroatoms. The molecule has 0 fully saturated rings. The van der Waals surface area contributed by atoms with E-state index in [2.05, 4.69) is 16.0 Å². The van der Waals surface area contributed by atoms with Gasteiger partial charge in [-0.15, -0.1) is 0 Å². The predicted molar refractivity (Wildman–Crippen MR) is 105 cm³/mol. The summed E-state index contributed by atoms with van der Waals surface area (Å²) in [5.41, 5.74) is 0.850. The van der Waals surface area contributed by atoms with Crippen LogP contribution in [0.1, 0.15) is 48.9 Å². The van der Waals surface area contributed by atoms with Gasteiger partial charge in [0, 0.05) is 30.5 Å². The first kappa shape index (κ1) is 21.2. The number of furan rings is 1. The van der Waals surface area contributed by atoms with Crippen LogP contribution in [0, 0.1) is 5.41 Å². The summed E-state index contributed by atoms with van der Waals surface area (Å²) in [4.78, 5) is 36.0. The quantitative estimate of drug-likeness (QED) is 0.649. The van der Waals surface area contributed by atoms with E-state index in [0.29, 0.717) is 24.4 Å². The molecule has 0 aliphatic carbocycles. The minimum Gasteiger partial charge on any atom is -0.467 e. The molecule has 0 bridgehead atoms. The first-order valence-corrected chi connectivity index (χ1v) is 9.20. The highest BCUT2D eigenvalue weighted by Crippen LogP contribution is 2.12. The van der Waals surface area contributed by atoms with Crippen molar-refractivity contribution in [3.05, 3.63) is 59.5 Å². The van der Waals surface area contributed by atoms with Gasteiger partial charge in [0.25, 0.3) is 5.91 Å². The largest absolute Gasteiger partial charge is 0.467 e. The highest BCUT2D eigenvalue weighted by molar-refractivity contribution is 5.94. The summed E-state index contributed by atoms with van der Waals surface area (Å²) in [5, 5.41) is 8.32. The van der Waals surface area contributed by atoms with E-state index in [1.54, 1.807) is 36.6 Å². The van der Waals surface area contributed by atoms with Crippen molar-refractivity contribution in [2.24, 2.45) is 5.41 Å². The zero-order chi connectivity index (χ0) is 20.6. The maximum absolute atomic E-state index is 12.2. The molecular weight excluding hydrogens is 358 g/mol. The summed E-state index contributed by atoms with van der Waals surface area (Å²) >= 11 is 0. The molecule has 2 rings (SSSR count). The van der Waals surface area contributed by atoms with Gasteiger partial charge in [0.15, 0.2) is 0 Å². The van der Waals surface area contributed by atoms with Crippen LogP contribution in [0.5, 0.6) is 0 Å². The van der Waals surface area contributed by atoms with Crippen molar-refractivity contribution in [1.29, 1.82) is 0 Å². The highest BCUT2D eigenvalue weighted by atomic mass is 16.3. The third-order valence-electron chi connectivity index (χ3n) is 4.00. The molecule has 0 saturated carbocycles. The van der Waals surface area contributed by atoms with Crippen LogP contribution in [-0.4, -0.2) is 24.3 Å². The van der Waals surface area contributed by atoms with Gasteiger partial charge >= 0.3 is 0 Å². The maximum atomic E-state index is 12.2. The van der Waals surface area contributed by atoms with E-state index < -0.39 is 5.41 Å². The Morgan fingerprint density at radius 3 is 2.43 bits per heavy atom. The summed E-state index contributed by atoms with van der Waals surface area (Å²) in [6.45, 7) is 6.37. The van der Waals surface area contributed by atoms with Crippen molar-refractivity contribution in [3.8, 4) is 0 Å². The fourth-order valence-corrected chi connectivity index (χ4v) is 2.35. The van der Waals surface area contributed by atoms with Crippen LogP contribution in [-0.2, 0) is 22.7 Å². The van der Waals surface area contributed by atoms with Gasteiger partial charge in [0.05, 0.1) is 12.8 Å². The van der Waals surface area contributed by atoms with Crippen LogP contribution < -0.4 is 16.0 Å². The molecule has 0 aliphatic heterocycles.